The van der Waals surface area contributed by atoms with Crippen LogP contribution in [0.15, 0.2) is 11.0 Å². The number of hydrogen-bond donors (Lipinski definition) is 1. The quantitative estimate of drug-likeness (QED) is 0.623. The Labute approximate surface area is 186 Å². The zero-order valence-corrected chi connectivity index (χ0v) is 19.3. The first-order chi connectivity index (χ1) is 14.7. The Bertz CT molecular complexity index is 1180. The smallest absolute Gasteiger partial charge is 0.295 e. The average molecular weight is 467 g/mol. The molecule has 1 aliphatic heterocycles. The highest BCUT2D eigenvalue weighted by molar-refractivity contribution is 7.89. The van der Waals surface area contributed by atoms with E-state index in [4.69, 9.17) is 11.6 Å². The molecule has 3 aliphatic rings. The molecule has 2 aliphatic carbocycles. The van der Waals surface area contributed by atoms with E-state index in [1.165, 1.54) is 0 Å². The Morgan fingerprint density at radius 1 is 1.29 bits per heavy atom. The Morgan fingerprint density at radius 3 is 2.65 bits per heavy atom. The molecule has 1 atom stereocenters. The highest BCUT2D eigenvalue weighted by atomic mass is 35.5. The zero-order valence-electron chi connectivity index (χ0n) is 17.7. The van der Waals surface area contributed by atoms with Gasteiger partial charge in [-0.1, -0.05) is 0 Å². The molecular formula is C20H27ClN6O3S. The summed E-state index contributed by atoms with van der Waals surface area (Å²) in [5.74, 6) is 1.34. The van der Waals surface area contributed by atoms with Gasteiger partial charge in [-0.25, -0.2) is 22.7 Å². The summed E-state index contributed by atoms with van der Waals surface area (Å²) in [5, 5.41) is 3.35. The largest absolute Gasteiger partial charge is 0.365 e. The third-order valence-corrected chi connectivity index (χ3v) is 9.05. The van der Waals surface area contributed by atoms with Crippen molar-refractivity contribution in [2.45, 2.75) is 45.6 Å². The first-order valence-electron chi connectivity index (χ1n) is 10.9. The molecule has 1 saturated heterocycles. The van der Waals surface area contributed by atoms with Gasteiger partial charge in [0.25, 0.3) is 5.56 Å². The number of nitrogens with one attached hydrogen (secondary N) is 1. The van der Waals surface area contributed by atoms with Gasteiger partial charge in [0.1, 0.15) is 5.52 Å². The van der Waals surface area contributed by atoms with Crippen LogP contribution in [0.3, 0.4) is 0 Å². The molecule has 168 valence electrons. The van der Waals surface area contributed by atoms with Gasteiger partial charge in [-0.05, 0) is 68.4 Å². The number of halogens is 1. The van der Waals surface area contributed by atoms with Crippen molar-refractivity contribution in [1.82, 2.24) is 23.8 Å². The highest BCUT2D eigenvalue weighted by Gasteiger charge is 2.54. The summed E-state index contributed by atoms with van der Waals surface area (Å²) in [6.07, 6.45) is 5.70. The maximum absolute atomic E-state index is 13.2. The van der Waals surface area contributed by atoms with Crippen LogP contribution in [0.5, 0.6) is 0 Å². The molecule has 0 bridgehead atoms. The van der Waals surface area contributed by atoms with Crippen LogP contribution in [0.4, 0.5) is 5.82 Å². The Balaban J connectivity index is 1.29. The fourth-order valence-corrected chi connectivity index (χ4v) is 6.59. The van der Waals surface area contributed by atoms with E-state index in [-0.39, 0.29) is 28.1 Å². The van der Waals surface area contributed by atoms with E-state index in [0.29, 0.717) is 48.5 Å². The number of anilines is 1. The number of fused-ring (bicyclic) bond motifs is 1. The second kappa shape index (κ2) is 7.38. The van der Waals surface area contributed by atoms with Gasteiger partial charge in [-0.15, -0.1) is 0 Å². The Morgan fingerprint density at radius 2 is 2.00 bits per heavy atom. The lowest BCUT2D eigenvalue weighted by molar-refractivity contribution is -0.0477. The van der Waals surface area contributed by atoms with Crippen LogP contribution in [-0.4, -0.2) is 57.6 Å². The molecule has 9 nitrogen and oxygen atoms in total. The summed E-state index contributed by atoms with van der Waals surface area (Å²) >= 11 is 5.98. The number of hydrogen-bond acceptors (Lipinski definition) is 7. The van der Waals surface area contributed by atoms with E-state index in [0.717, 1.165) is 25.7 Å². The lowest BCUT2D eigenvalue weighted by atomic mass is 9.58. The van der Waals surface area contributed by atoms with E-state index in [1.54, 1.807) is 22.0 Å². The van der Waals surface area contributed by atoms with Crippen LogP contribution in [0, 0.1) is 17.3 Å². The highest BCUT2D eigenvalue weighted by Crippen LogP contribution is 2.52. The van der Waals surface area contributed by atoms with Crippen LogP contribution in [-0.2, 0) is 10.0 Å². The van der Waals surface area contributed by atoms with Gasteiger partial charge in [0.15, 0.2) is 11.5 Å². The van der Waals surface area contributed by atoms with Gasteiger partial charge in [0.05, 0.1) is 11.9 Å². The topological polar surface area (TPSA) is 110 Å². The van der Waals surface area contributed by atoms with Crippen LogP contribution in [0.2, 0.25) is 5.28 Å². The lowest BCUT2D eigenvalue weighted by Crippen LogP contribution is -2.64. The maximum Gasteiger partial charge on any atom is 0.295 e. The lowest BCUT2D eigenvalue weighted by Gasteiger charge is -2.58. The fourth-order valence-electron chi connectivity index (χ4n) is 5.15. The number of nitrogens with zero attached hydrogens (tertiary/aromatic N) is 5. The summed E-state index contributed by atoms with van der Waals surface area (Å²) < 4.78 is 27.2. The van der Waals surface area contributed by atoms with Crippen molar-refractivity contribution in [3.63, 3.8) is 0 Å². The Kier molecular flexibility index (Phi) is 5.02. The number of sulfonamides is 1. The summed E-state index contributed by atoms with van der Waals surface area (Å²) in [7, 11) is -3.08. The van der Waals surface area contributed by atoms with Crippen molar-refractivity contribution in [2.75, 3.05) is 30.7 Å². The molecule has 0 aromatic carbocycles. The predicted octanol–water partition coefficient (Wildman–Crippen LogP) is 2.28. The van der Waals surface area contributed by atoms with E-state index in [1.807, 2.05) is 6.92 Å². The molecule has 11 heteroatoms. The molecule has 0 unspecified atom stereocenters. The van der Waals surface area contributed by atoms with E-state index in [2.05, 4.69) is 20.3 Å². The van der Waals surface area contributed by atoms with Crippen LogP contribution < -0.4 is 10.9 Å². The average Bonchev–Trinajstić information content (AvgIpc) is 3.50. The summed E-state index contributed by atoms with van der Waals surface area (Å²) in [6.45, 7) is 5.61. The standard InChI is InChI=1S/C20H27ClN6O3S/c1-3-31(29,30)26-10-20(11-26)6-13(7-20)8-22-16-18(28)27(12(2)14-4-5-14)17-15(24-16)9-23-19(21)25-17/h9,12-14H,3-8,10-11H2,1-2H3,(H,22,24)/t12-/m0/s1. The molecule has 0 radical (unpaired) electrons. The fraction of sp³-hybridized carbons (Fsp3) is 0.700. The third kappa shape index (κ3) is 3.72. The zero-order chi connectivity index (χ0) is 22.0. The second-order valence-electron chi connectivity index (χ2n) is 9.39. The number of rotatable bonds is 7. The third-order valence-electron chi connectivity index (χ3n) is 7.10. The monoisotopic (exact) mass is 466 g/mol. The second-order valence-corrected chi connectivity index (χ2v) is 12.0. The van der Waals surface area contributed by atoms with Gasteiger partial charge in [-0.2, -0.15) is 4.98 Å². The minimum atomic E-state index is -3.08. The van der Waals surface area contributed by atoms with Crippen LogP contribution in [0.1, 0.15) is 45.6 Å². The van der Waals surface area contributed by atoms with Gasteiger partial charge >= 0.3 is 0 Å². The van der Waals surface area contributed by atoms with Gasteiger partial charge in [-0.3, -0.25) is 9.36 Å². The molecule has 0 amide bonds. The van der Waals surface area contributed by atoms with Crippen molar-refractivity contribution >= 4 is 38.6 Å². The normalized spacial score (nSPS) is 22.3. The van der Waals surface area contributed by atoms with Crippen molar-refractivity contribution in [3.05, 3.63) is 21.8 Å². The summed E-state index contributed by atoms with van der Waals surface area (Å²) in [5.41, 5.74) is 0.962. The van der Waals surface area contributed by atoms with Crippen molar-refractivity contribution in [1.29, 1.82) is 0 Å². The van der Waals surface area contributed by atoms with Crippen molar-refractivity contribution < 1.29 is 8.42 Å². The molecule has 3 heterocycles. The maximum atomic E-state index is 13.2. The van der Waals surface area contributed by atoms with Crippen molar-refractivity contribution in [3.8, 4) is 0 Å². The Hall–Kier alpha value is -1.78. The molecule has 1 spiro atoms. The summed E-state index contributed by atoms with van der Waals surface area (Å²) in [6, 6.07) is 0.0259. The molecular weight excluding hydrogens is 440 g/mol. The predicted molar refractivity (Wildman–Crippen MR) is 119 cm³/mol. The first kappa shape index (κ1) is 21.1. The van der Waals surface area contributed by atoms with E-state index in [9.17, 15) is 13.2 Å². The van der Waals surface area contributed by atoms with E-state index >= 15 is 0 Å². The minimum Gasteiger partial charge on any atom is -0.365 e. The van der Waals surface area contributed by atoms with Gasteiger partial charge < -0.3 is 5.32 Å². The SMILES string of the molecule is CCS(=O)(=O)N1CC2(CC(CNc3nc4cnc(Cl)nc4n([C@@H](C)C4CC4)c3=O)C2)C1. The number of aromatic nitrogens is 4. The molecule has 3 fully saturated rings. The molecule has 2 saturated carbocycles. The first-order valence-corrected chi connectivity index (χ1v) is 12.9. The van der Waals surface area contributed by atoms with Crippen molar-refractivity contribution in [2.24, 2.45) is 17.3 Å². The molecule has 2 aromatic rings. The molecule has 5 rings (SSSR count). The van der Waals surface area contributed by atoms with Crippen LogP contribution >= 0.6 is 11.6 Å². The molecule has 31 heavy (non-hydrogen) atoms. The minimum absolute atomic E-state index is 0.0259. The van der Waals surface area contributed by atoms with Gasteiger partial charge in [0, 0.05) is 25.7 Å². The molecule has 1 N–H and O–H groups in total. The van der Waals surface area contributed by atoms with Gasteiger partial charge in [0.2, 0.25) is 15.3 Å². The molecule has 2 aromatic heterocycles. The summed E-state index contributed by atoms with van der Waals surface area (Å²) in [4.78, 5) is 26.0. The van der Waals surface area contributed by atoms with E-state index < -0.39 is 10.0 Å². The van der Waals surface area contributed by atoms with Crippen LogP contribution in [0.25, 0.3) is 11.2 Å².